The number of rotatable bonds is 7. The van der Waals surface area contributed by atoms with Crippen LogP contribution in [0.4, 0.5) is 0 Å². The molecule has 2 amide bonds. The summed E-state index contributed by atoms with van der Waals surface area (Å²) in [5, 5.41) is 5.88. The summed E-state index contributed by atoms with van der Waals surface area (Å²) in [5.74, 6) is 0.263. The molecule has 0 saturated carbocycles. The Morgan fingerprint density at radius 2 is 2.05 bits per heavy atom. The smallest absolute Gasteiger partial charge is 0.222 e. The van der Waals surface area contributed by atoms with Crippen LogP contribution in [-0.4, -0.2) is 36.9 Å². The van der Waals surface area contributed by atoms with E-state index in [1.54, 1.807) is 0 Å². The second-order valence-corrected chi connectivity index (χ2v) is 5.32. The number of benzene rings is 1. The Labute approximate surface area is 125 Å². The average molecular weight is 289 g/mol. The highest BCUT2D eigenvalue weighted by Gasteiger charge is 2.20. The first kappa shape index (κ1) is 15.5. The zero-order valence-electron chi connectivity index (χ0n) is 12.5. The first-order chi connectivity index (χ1) is 10.2. The fourth-order valence-electron chi connectivity index (χ4n) is 2.48. The van der Waals surface area contributed by atoms with Gasteiger partial charge in [-0.05, 0) is 24.6 Å². The molecule has 114 valence electrons. The van der Waals surface area contributed by atoms with Gasteiger partial charge in [0.2, 0.25) is 11.8 Å². The minimum Gasteiger partial charge on any atom is -0.352 e. The van der Waals surface area contributed by atoms with Crippen molar-refractivity contribution in [2.24, 2.45) is 0 Å². The van der Waals surface area contributed by atoms with Crippen LogP contribution < -0.4 is 10.6 Å². The second-order valence-electron chi connectivity index (χ2n) is 5.32. The van der Waals surface area contributed by atoms with Gasteiger partial charge < -0.3 is 15.5 Å². The minimum atomic E-state index is 0.0383. The third-order valence-electron chi connectivity index (χ3n) is 3.73. The van der Waals surface area contributed by atoms with Crippen molar-refractivity contribution in [3.63, 3.8) is 0 Å². The van der Waals surface area contributed by atoms with Crippen molar-refractivity contribution in [2.75, 3.05) is 20.1 Å². The number of nitrogens with zero attached hydrogens (tertiary/aromatic N) is 1. The van der Waals surface area contributed by atoms with Gasteiger partial charge in [-0.25, -0.2) is 0 Å². The van der Waals surface area contributed by atoms with Crippen LogP contribution >= 0.6 is 0 Å². The Morgan fingerprint density at radius 1 is 1.29 bits per heavy atom. The monoisotopic (exact) mass is 289 g/mol. The summed E-state index contributed by atoms with van der Waals surface area (Å²) >= 11 is 0. The van der Waals surface area contributed by atoms with E-state index in [0.29, 0.717) is 32.5 Å². The first-order valence-electron chi connectivity index (χ1n) is 7.46. The number of hydrogen-bond donors (Lipinski definition) is 2. The van der Waals surface area contributed by atoms with E-state index in [2.05, 4.69) is 10.6 Å². The van der Waals surface area contributed by atoms with Gasteiger partial charge in [0, 0.05) is 39.0 Å². The number of carbonyl (C=O) groups is 2. The molecule has 1 aliphatic rings. The van der Waals surface area contributed by atoms with Gasteiger partial charge in [0.15, 0.2) is 0 Å². The lowest BCUT2D eigenvalue weighted by molar-refractivity contribution is -0.128. The van der Waals surface area contributed by atoms with Crippen LogP contribution in [0.3, 0.4) is 0 Å². The van der Waals surface area contributed by atoms with Gasteiger partial charge in [-0.3, -0.25) is 9.59 Å². The van der Waals surface area contributed by atoms with Gasteiger partial charge in [-0.2, -0.15) is 0 Å². The molecular weight excluding hydrogens is 266 g/mol. The zero-order chi connectivity index (χ0) is 15.1. The van der Waals surface area contributed by atoms with Crippen molar-refractivity contribution in [3.8, 4) is 0 Å². The molecule has 1 saturated heterocycles. The van der Waals surface area contributed by atoms with E-state index in [4.69, 9.17) is 0 Å². The maximum absolute atomic E-state index is 11.7. The summed E-state index contributed by atoms with van der Waals surface area (Å²) in [6.07, 6.45) is 2.08. The molecule has 1 aliphatic heterocycles. The summed E-state index contributed by atoms with van der Waals surface area (Å²) in [7, 11) is 1.83. The molecule has 1 aromatic carbocycles. The van der Waals surface area contributed by atoms with Crippen molar-refractivity contribution < 1.29 is 9.59 Å². The average Bonchev–Trinajstić information content (AvgIpc) is 2.89. The summed E-state index contributed by atoms with van der Waals surface area (Å²) in [6.45, 7) is 2.67. The second kappa shape index (κ2) is 7.78. The highest BCUT2D eigenvalue weighted by atomic mass is 16.2. The number of hydrogen-bond acceptors (Lipinski definition) is 3. The lowest BCUT2D eigenvalue weighted by Gasteiger charge is -2.18. The largest absolute Gasteiger partial charge is 0.352 e. The van der Waals surface area contributed by atoms with Crippen LogP contribution in [-0.2, 0) is 22.7 Å². The van der Waals surface area contributed by atoms with E-state index in [1.165, 1.54) is 0 Å². The topological polar surface area (TPSA) is 61.4 Å². The SMILES string of the molecule is CNCCC(=O)NCc1ccccc1CN1CCCC1=O. The van der Waals surface area contributed by atoms with E-state index < -0.39 is 0 Å². The Balaban J connectivity index is 1.93. The summed E-state index contributed by atoms with van der Waals surface area (Å²) in [4.78, 5) is 25.3. The Bertz CT molecular complexity index is 502. The van der Waals surface area contributed by atoms with Gasteiger partial charge in [0.1, 0.15) is 0 Å². The molecule has 0 radical (unpaired) electrons. The molecule has 5 heteroatoms. The van der Waals surface area contributed by atoms with Gasteiger partial charge in [-0.15, -0.1) is 0 Å². The van der Waals surface area contributed by atoms with Crippen LogP contribution in [0.25, 0.3) is 0 Å². The van der Waals surface area contributed by atoms with Gasteiger partial charge in [-0.1, -0.05) is 24.3 Å². The van der Waals surface area contributed by atoms with Crippen LogP contribution in [0.1, 0.15) is 30.4 Å². The normalized spacial score (nSPS) is 14.5. The third kappa shape index (κ3) is 4.56. The number of nitrogens with one attached hydrogen (secondary N) is 2. The lowest BCUT2D eigenvalue weighted by atomic mass is 10.1. The maximum atomic E-state index is 11.7. The van der Waals surface area contributed by atoms with Crippen molar-refractivity contribution in [1.29, 1.82) is 0 Å². The molecular formula is C16H23N3O2. The zero-order valence-corrected chi connectivity index (χ0v) is 12.5. The molecule has 2 N–H and O–H groups in total. The molecule has 0 atom stereocenters. The van der Waals surface area contributed by atoms with Crippen LogP contribution in [0, 0.1) is 0 Å². The maximum Gasteiger partial charge on any atom is 0.222 e. The van der Waals surface area contributed by atoms with Gasteiger partial charge >= 0.3 is 0 Å². The standard InChI is InChI=1S/C16H23N3O2/c1-17-9-8-15(20)18-11-13-5-2-3-6-14(13)12-19-10-4-7-16(19)21/h2-3,5-6,17H,4,7-12H2,1H3,(H,18,20). The number of amides is 2. The summed E-state index contributed by atoms with van der Waals surface area (Å²) < 4.78 is 0. The van der Waals surface area contributed by atoms with E-state index in [9.17, 15) is 9.59 Å². The Hall–Kier alpha value is -1.88. The molecule has 0 aliphatic carbocycles. The summed E-state index contributed by atoms with van der Waals surface area (Å²) in [6, 6.07) is 7.97. The Morgan fingerprint density at radius 3 is 2.71 bits per heavy atom. The molecule has 1 aromatic rings. The van der Waals surface area contributed by atoms with E-state index in [-0.39, 0.29) is 11.8 Å². The highest BCUT2D eigenvalue weighted by molar-refractivity contribution is 5.78. The molecule has 21 heavy (non-hydrogen) atoms. The lowest BCUT2D eigenvalue weighted by Crippen LogP contribution is -2.28. The van der Waals surface area contributed by atoms with Gasteiger partial charge in [0.25, 0.3) is 0 Å². The summed E-state index contributed by atoms with van der Waals surface area (Å²) in [5.41, 5.74) is 2.19. The molecule has 1 fully saturated rings. The fraction of sp³-hybridized carbons (Fsp3) is 0.500. The van der Waals surface area contributed by atoms with Crippen molar-refractivity contribution in [2.45, 2.75) is 32.4 Å². The van der Waals surface area contributed by atoms with Gasteiger partial charge in [0.05, 0.1) is 0 Å². The molecule has 0 aromatic heterocycles. The molecule has 2 rings (SSSR count). The molecule has 5 nitrogen and oxygen atoms in total. The minimum absolute atomic E-state index is 0.0383. The number of carbonyl (C=O) groups excluding carboxylic acids is 2. The highest BCUT2D eigenvalue weighted by Crippen LogP contribution is 2.17. The van der Waals surface area contributed by atoms with Crippen molar-refractivity contribution in [1.82, 2.24) is 15.5 Å². The van der Waals surface area contributed by atoms with E-state index in [1.807, 2.05) is 36.2 Å². The Kier molecular flexibility index (Phi) is 5.75. The quantitative estimate of drug-likeness (QED) is 0.788. The fourth-order valence-corrected chi connectivity index (χ4v) is 2.48. The number of likely N-dealkylation sites (tertiary alicyclic amines) is 1. The molecule has 0 spiro atoms. The van der Waals surface area contributed by atoms with Crippen LogP contribution in [0.15, 0.2) is 24.3 Å². The van der Waals surface area contributed by atoms with E-state index in [0.717, 1.165) is 24.1 Å². The van der Waals surface area contributed by atoms with Crippen molar-refractivity contribution in [3.05, 3.63) is 35.4 Å². The first-order valence-corrected chi connectivity index (χ1v) is 7.46. The predicted octanol–water partition coefficient (Wildman–Crippen LogP) is 1.03. The van der Waals surface area contributed by atoms with Crippen LogP contribution in [0.2, 0.25) is 0 Å². The van der Waals surface area contributed by atoms with Crippen molar-refractivity contribution >= 4 is 11.8 Å². The third-order valence-corrected chi connectivity index (χ3v) is 3.73. The molecule has 1 heterocycles. The van der Waals surface area contributed by atoms with E-state index >= 15 is 0 Å². The van der Waals surface area contributed by atoms with Crippen LogP contribution in [0.5, 0.6) is 0 Å². The predicted molar refractivity (Wildman–Crippen MR) is 81.5 cm³/mol. The molecule has 0 bridgehead atoms. The molecule has 0 unspecified atom stereocenters.